The second kappa shape index (κ2) is 18.4. The van der Waals surface area contributed by atoms with Crippen LogP contribution in [0.5, 0.6) is 0 Å². The number of allylic oxidation sites excluding steroid dienone is 2. The van der Waals surface area contributed by atoms with Crippen molar-refractivity contribution in [3.63, 3.8) is 0 Å². The van der Waals surface area contributed by atoms with E-state index >= 15 is 0 Å². The highest BCUT2D eigenvalue weighted by Crippen LogP contribution is 2.27. The van der Waals surface area contributed by atoms with Gasteiger partial charge < -0.3 is 20.1 Å². The van der Waals surface area contributed by atoms with Gasteiger partial charge in [0.25, 0.3) is 0 Å². The minimum absolute atomic E-state index is 0.184. The number of carboxylic acids is 3. The molecule has 0 heterocycles. The third kappa shape index (κ3) is 11.5. The summed E-state index contributed by atoms with van der Waals surface area (Å²) in [5.74, 6) is -3.82. The Balaban J connectivity index is 4.34. The van der Waals surface area contributed by atoms with Gasteiger partial charge in [0, 0.05) is 0 Å². The topological polar surface area (TPSA) is 115 Å². The third-order valence-corrected chi connectivity index (χ3v) is 7.28. The molecule has 0 saturated carbocycles. The van der Waals surface area contributed by atoms with E-state index in [4.69, 9.17) is 0 Å². The summed E-state index contributed by atoms with van der Waals surface area (Å²) in [6, 6.07) is -3.55. The minimum atomic E-state index is -1.42. The summed E-state index contributed by atoms with van der Waals surface area (Å²) in [5.41, 5.74) is 0. The second-order valence-electron chi connectivity index (χ2n) is 9.68. The average Bonchev–Trinajstić information content (AvgIpc) is 2.80. The molecule has 0 aliphatic carbocycles. The largest absolute Gasteiger partial charge is 0.544 e. The van der Waals surface area contributed by atoms with Crippen molar-refractivity contribution in [3.05, 3.63) is 12.2 Å². The van der Waals surface area contributed by atoms with E-state index in [-0.39, 0.29) is 6.54 Å². The molecule has 0 aliphatic rings. The fourth-order valence-electron chi connectivity index (χ4n) is 4.81. The highest BCUT2D eigenvalue weighted by Gasteiger charge is 2.50. The molecule has 7 heteroatoms. The zero-order chi connectivity index (χ0) is 26.0. The number of nitrogens with zero attached hydrogens (tertiary/aromatic N) is 1. The number of hydrogen-bond donors (Lipinski definition) is 2. The van der Waals surface area contributed by atoms with Gasteiger partial charge in [0.2, 0.25) is 0 Å². The van der Waals surface area contributed by atoms with Crippen LogP contribution in [0.3, 0.4) is 0 Å². The van der Waals surface area contributed by atoms with E-state index in [1.165, 1.54) is 78.6 Å². The van der Waals surface area contributed by atoms with Crippen LogP contribution in [-0.2, 0) is 14.4 Å². The monoisotopic (exact) mass is 483 g/mol. The highest BCUT2D eigenvalue weighted by molar-refractivity contribution is 5.76. The Labute approximate surface area is 206 Å². The molecular weight excluding hydrogens is 434 g/mol. The first-order valence-electron chi connectivity index (χ1n) is 13.3. The van der Waals surface area contributed by atoms with Crippen LogP contribution in [0.15, 0.2) is 12.2 Å². The predicted octanol–water partition coefficient (Wildman–Crippen LogP) is 4.93. The lowest BCUT2D eigenvalue weighted by Gasteiger charge is -2.49. The third-order valence-electron chi connectivity index (χ3n) is 7.28. The molecule has 0 aromatic carbocycles. The van der Waals surface area contributed by atoms with Gasteiger partial charge in [-0.15, -0.1) is 0 Å². The average molecular weight is 484 g/mol. The van der Waals surface area contributed by atoms with Gasteiger partial charge in [0.15, 0.2) is 12.1 Å². The number of carbonyl (C=O) groups is 3. The van der Waals surface area contributed by atoms with Crippen LogP contribution < -0.4 is 5.11 Å². The van der Waals surface area contributed by atoms with Gasteiger partial charge in [-0.2, -0.15) is 0 Å². The van der Waals surface area contributed by atoms with Crippen molar-refractivity contribution in [1.29, 1.82) is 0 Å². The van der Waals surface area contributed by atoms with Crippen molar-refractivity contribution in [2.24, 2.45) is 0 Å². The molecule has 0 aliphatic heterocycles. The zero-order valence-electron chi connectivity index (χ0n) is 22.0. The van der Waals surface area contributed by atoms with Gasteiger partial charge in [0.05, 0.1) is 12.5 Å². The number of hydrogen-bond acceptors (Lipinski definition) is 4. The van der Waals surface area contributed by atoms with Crippen molar-refractivity contribution >= 4 is 17.9 Å². The normalized spacial score (nSPS) is 16.1. The summed E-state index contributed by atoms with van der Waals surface area (Å²) in [5, 5.41) is 30.8. The molecule has 7 nitrogen and oxygen atoms in total. The van der Waals surface area contributed by atoms with E-state index in [9.17, 15) is 29.7 Å². The fraction of sp³-hybridized carbons (Fsp3) is 0.815. The lowest BCUT2D eigenvalue weighted by atomic mass is 10.00. The molecule has 3 unspecified atom stereocenters. The zero-order valence-corrected chi connectivity index (χ0v) is 22.0. The predicted molar refractivity (Wildman–Crippen MR) is 133 cm³/mol. The number of rotatable bonds is 22. The fourth-order valence-corrected chi connectivity index (χ4v) is 4.81. The van der Waals surface area contributed by atoms with Crippen LogP contribution >= 0.6 is 0 Å². The Morgan fingerprint density at radius 2 is 1.06 bits per heavy atom. The van der Waals surface area contributed by atoms with Crippen LogP contribution in [-0.4, -0.2) is 57.3 Å². The maximum absolute atomic E-state index is 11.7. The summed E-state index contributed by atoms with van der Waals surface area (Å²) in [4.78, 5) is 35.1. The lowest BCUT2D eigenvalue weighted by molar-refractivity contribution is -0.969. The van der Waals surface area contributed by atoms with E-state index in [1.807, 2.05) is 0 Å². The maximum Gasteiger partial charge on any atom is 0.362 e. The number of carboxylic acid groups (broad SMARTS) is 3. The number of unbranched alkanes of at least 4 members (excludes halogenated alkanes) is 12. The summed E-state index contributed by atoms with van der Waals surface area (Å²) >= 11 is 0. The Morgan fingerprint density at radius 1 is 0.676 bits per heavy atom. The second-order valence-corrected chi connectivity index (χ2v) is 9.68. The first kappa shape index (κ1) is 32.1. The molecule has 0 aromatic heterocycles. The Hall–Kier alpha value is -1.89. The van der Waals surface area contributed by atoms with Crippen molar-refractivity contribution in [1.82, 2.24) is 0 Å². The van der Waals surface area contributed by atoms with Crippen molar-refractivity contribution in [2.75, 3.05) is 6.54 Å². The molecular formula is C27H49NO6. The smallest absolute Gasteiger partial charge is 0.362 e. The molecule has 3 atom stereocenters. The summed E-state index contributed by atoms with van der Waals surface area (Å²) in [6.07, 6.45) is 20.4. The summed E-state index contributed by atoms with van der Waals surface area (Å²) in [7, 11) is 0. The number of carbonyl (C=O) groups excluding carboxylic acids is 1. The standard InChI is InChI=1S/C27H49NO6/c1-5-6-7-8-9-10-11-12-13-14-15-16-17-18-19-20-21-28(22(2)25(29)30,23(3)26(31)32)24(4)27(33)34/h8-9,22-24H,5-7,10-21H2,1-4H3,(H2-,29,30,31,32,33,34)/b9-8+. The molecule has 0 fully saturated rings. The molecule has 0 amide bonds. The van der Waals surface area contributed by atoms with Crippen LogP contribution in [0, 0.1) is 0 Å². The molecule has 34 heavy (non-hydrogen) atoms. The Kier molecular flexibility index (Phi) is 17.4. The summed E-state index contributed by atoms with van der Waals surface area (Å²) < 4.78 is -0.541. The van der Waals surface area contributed by atoms with E-state index < -0.39 is 40.5 Å². The van der Waals surface area contributed by atoms with Crippen LogP contribution in [0.4, 0.5) is 0 Å². The van der Waals surface area contributed by atoms with Crippen molar-refractivity contribution < 1.29 is 34.2 Å². The SMILES string of the molecule is CCCC/C=C/CCCCCCCCCCCC[N+](C(C)C(=O)[O-])(C(C)C(=O)O)C(C)C(=O)O. The van der Waals surface area contributed by atoms with E-state index in [1.54, 1.807) is 0 Å². The first-order chi connectivity index (χ1) is 16.1. The number of quaternary nitrogens is 1. The van der Waals surface area contributed by atoms with Crippen LogP contribution in [0.1, 0.15) is 118 Å². The van der Waals surface area contributed by atoms with E-state index in [2.05, 4.69) is 19.1 Å². The molecule has 2 N–H and O–H groups in total. The quantitative estimate of drug-likeness (QED) is 0.128. The molecule has 0 bridgehead atoms. The van der Waals surface area contributed by atoms with Gasteiger partial charge in [-0.25, -0.2) is 9.59 Å². The van der Waals surface area contributed by atoms with Crippen LogP contribution in [0.25, 0.3) is 0 Å². The molecule has 0 radical (unpaired) electrons. The highest BCUT2D eigenvalue weighted by atomic mass is 16.4. The van der Waals surface area contributed by atoms with E-state index in [0.717, 1.165) is 25.7 Å². The van der Waals surface area contributed by atoms with E-state index in [0.29, 0.717) is 6.42 Å². The maximum atomic E-state index is 11.7. The first-order valence-corrected chi connectivity index (χ1v) is 13.3. The summed E-state index contributed by atoms with van der Waals surface area (Å²) in [6.45, 7) is 6.54. The molecule has 0 aromatic rings. The van der Waals surface area contributed by atoms with Crippen molar-refractivity contribution in [2.45, 2.75) is 136 Å². The van der Waals surface area contributed by atoms with Gasteiger partial charge in [-0.05, 0) is 52.9 Å². The van der Waals surface area contributed by atoms with Gasteiger partial charge in [-0.1, -0.05) is 76.9 Å². The van der Waals surface area contributed by atoms with Gasteiger partial charge in [-0.3, -0.25) is 4.48 Å². The molecule has 198 valence electrons. The van der Waals surface area contributed by atoms with Gasteiger partial charge >= 0.3 is 11.9 Å². The minimum Gasteiger partial charge on any atom is -0.544 e. The Bertz CT molecular complexity index is 568. The Morgan fingerprint density at radius 3 is 1.44 bits per heavy atom. The lowest BCUT2D eigenvalue weighted by Crippen LogP contribution is -2.72. The molecule has 0 saturated heterocycles. The number of aliphatic carboxylic acids is 3. The van der Waals surface area contributed by atoms with Crippen molar-refractivity contribution in [3.8, 4) is 0 Å². The molecule has 0 spiro atoms. The van der Waals surface area contributed by atoms with Crippen LogP contribution in [0.2, 0.25) is 0 Å². The molecule has 0 rings (SSSR count). The van der Waals surface area contributed by atoms with Gasteiger partial charge in [0.1, 0.15) is 6.04 Å².